The van der Waals surface area contributed by atoms with Gasteiger partial charge in [0.15, 0.2) is 5.76 Å². The summed E-state index contributed by atoms with van der Waals surface area (Å²) in [4.78, 5) is 0. The molecule has 0 amide bonds. The van der Waals surface area contributed by atoms with Crippen molar-refractivity contribution in [1.82, 2.24) is 5.16 Å². The van der Waals surface area contributed by atoms with Crippen molar-refractivity contribution in [3.8, 4) is 0 Å². The Bertz CT molecular complexity index is 548. The summed E-state index contributed by atoms with van der Waals surface area (Å²) in [6, 6.07) is 4.31. The fourth-order valence-electron chi connectivity index (χ4n) is 2.22. The molecule has 3 aliphatic rings. The lowest BCUT2D eigenvalue weighted by atomic mass is 9.91. The van der Waals surface area contributed by atoms with Crippen LogP contribution < -0.4 is 0 Å². The highest BCUT2D eigenvalue weighted by Crippen LogP contribution is 2.44. The van der Waals surface area contributed by atoms with E-state index in [1.807, 2.05) is 0 Å². The van der Waals surface area contributed by atoms with Crippen LogP contribution in [0.3, 0.4) is 0 Å². The van der Waals surface area contributed by atoms with Crippen LogP contribution in [-0.2, 0) is 6.42 Å². The number of benzene rings is 1. The number of rotatable bonds is 0. The van der Waals surface area contributed by atoms with E-state index in [-0.39, 0.29) is 0 Å². The zero-order chi connectivity index (χ0) is 7.71. The molecule has 0 unspecified atom stereocenters. The molecule has 0 spiro atoms. The molecule has 0 saturated carbocycles. The van der Waals surface area contributed by atoms with Crippen molar-refractivity contribution < 1.29 is 4.52 Å². The molecular formula is C10H5NO. The summed E-state index contributed by atoms with van der Waals surface area (Å²) >= 11 is 0. The van der Waals surface area contributed by atoms with Gasteiger partial charge in [-0.2, -0.15) is 0 Å². The summed E-state index contributed by atoms with van der Waals surface area (Å²) in [5, 5.41) is 5.28. The van der Waals surface area contributed by atoms with Gasteiger partial charge in [0, 0.05) is 6.42 Å². The second kappa shape index (κ2) is 1.33. The topological polar surface area (TPSA) is 26.0 Å². The Morgan fingerprint density at radius 1 is 1.33 bits per heavy atom. The molecule has 12 heavy (non-hydrogen) atoms. The maximum absolute atomic E-state index is 5.20. The highest BCUT2D eigenvalue weighted by molar-refractivity contribution is 6.11. The summed E-state index contributed by atoms with van der Waals surface area (Å²) in [5.41, 5.74) is 5.10. The third kappa shape index (κ3) is 0.351. The normalized spacial score (nSPS) is 16.5. The van der Waals surface area contributed by atoms with Crippen LogP contribution >= 0.6 is 0 Å². The van der Waals surface area contributed by atoms with Crippen molar-refractivity contribution in [2.75, 3.05) is 0 Å². The monoisotopic (exact) mass is 155 g/mol. The molecule has 0 aliphatic heterocycles. The lowest BCUT2D eigenvalue weighted by molar-refractivity contribution is 0.421. The van der Waals surface area contributed by atoms with Crippen molar-refractivity contribution in [1.29, 1.82) is 0 Å². The van der Waals surface area contributed by atoms with E-state index in [2.05, 4.69) is 23.4 Å². The molecule has 1 aromatic heterocycles. The molecule has 0 radical (unpaired) electrons. The van der Waals surface area contributed by atoms with Crippen LogP contribution in [0.2, 0.25) is 0 Å². The number of allylic oxidation sites excluding steroid dienone is 1. The van der Waals surface area contributed by atoms with Crippen LogP contribution in [0.25, 0.3) is 22.6 Å². The summed E-state index contributed by atoms with van der Waals surface area (Å²) in [6.45, 7) is 0. The minimum absolute atomic E-state index is 0.953. The molecule has 0 saturated heterocycles. The van der Waals surface area contributed by atoms with Crippen LogP contribution in [0.4, 0.5) is 0 Å². The molecule has 0 fully saturated rings. The van der Waals surface area contributed by atoms with E-state index in [9.17, 15) is 0 Å². The van der Waals surface area contributed by atoms with E-state index in [0.29, 0.717) is 0 Å². The van der Waals surface area contributed by atoms with Crippen LogP contribution in [0.1, 0.15) is 16.9 Å². The number of hydrogen-bond acceptors (Lipinski definition) is 2. The van der Waals surface area contributed by atoms with Gasteiger partial charge in [-0.1, -0.05) is 17.3 Å². The van der Waals surface area contributed by atoms with Gasteiger partial charge < -0.3 is 4.52 Å². The van der Waals surface area contributed by atoms with Crippen LogP contribution in [0, 0.1) is 0 Å². The predicted molar refractivity (Wildman–Crippen MR) is 45.6 cm³/mol. The van der Waals surface area contributed by atoms with Gasteiger partial charge in [-0.25, -0.2) is 0 Å². The molecular weight excluding hydrogens is 150 g/mol. The van der Waals surface area contributed by atoms with Gasteiger partial charge in [0.1, 0.15) is 5.52 Å². The Labute approximate surface area is 68.5 Å². The van der Waals surface area contributed by atoms with Gasteiger partial charge in [-0.15, -0.1) is 0 Å². The highest BCUT2D eigenvalue weighted by atomic mass is 16.5. The Kier molecular flexibility index (Phi) is 0.571. The largest absolute Gasteiger partial charge is 0.356 e. The standard InChI is InChI=1S/C10H5NO/c1-2-7-6-3-5(1)10-9(7)8(4-6)12-11-10/h1-2,4H,3H2. The maximum Gasteiger partial charge on any atom is 0.168 e. The Hall–Kier alpha value is -1.57. The van der Waals surface area contributed by atoms with Crippen LogP contribution in [0.15, 0.2) is 16.7 Å². The molecule has 1 aromatic carbocycles. The lowest BCUT2D eigenvalue weighted by Crippen LogP contribution is -1.97. The molecule has 3 aliphatic carbocycles. The number of aromatic nitrogens is 1. The van der Waals surface area contributed by atoms with Crippen molar-refractivity contribution in [3.63, 3.8) is 0 Å². The van der Waals surface area contributed by atoms with Gasteiger partial charge in [-0.3, -0.25) is 0 Å². The van der Waals surface area contributed by atoms with E-state index < -0.39 is 0 Å². The Morgan fingerprint density at radius 3 is 3.33 bits per heavy atom. The van der Waals surface area contributed by atoms with Gasteiger partial charge in [0.2, 0.25) is 0 Å². The number of hydrogen-bond donors (Lipinski definition) is 0. The predicted octanol–water partition coefficient (Wildman–Crippen LogP) is 2.24. The first-order chi connectivity index (χ1) is 5.93. The molecule has 56 valence electrons. The van der Waals surface area contributed by atoms with E-state index >= 15 is 0 Å². The van der Waals surface area contributed by atoms with Crippen molar-refractivity contribution in [2.45, 2.75) is 6.42 Å². The quantitative estimate of drug-likeness (QED) is 0.583. The first-order valence-electron chi connectivity index (χ1n) is 4.06. The van der Waals surface area contributed by atoms with Gasteiger partial charge in [0.05, 0.1) is 5.39 Å². The number of nitrogens with zero attached hydrogens (tertiary/aromatic N) is 1. The fourth-order valence-corrected chi connectivity index (χ4v) is 2.22. The smallest absolute Gasteiger partial charge is 0.168 e. The molecule has 2 nitrogen and oxygen atoms in total. The van der Waals surface area contributed by atoms with E-state index in [1.165, 1.54) is 22.1 Å². The lowest BCUT2D eigenvalue weighted by Gasteiger charge is -2.12. The second-order valence-electron chi connectivity index (χ2n) is 3.39. The third-order valence-corrected chi connectivity index (χ3v) is 2.78. The fraction of sp³-hybridized carbons (Fsp3) is 0.100. The second-order valence-corrected chi connectivity index (χ2v) is 3.39. The zero-order valence-electron chi connectivity index (χ0n) is 6.29. The molecule has 0 N–H and O–H groups in total. The van der Waals surface area contributed by atoms with E-state index in [0.717, 1.165) is 17.7 Å². The summed E-state index contributed by atoms with van der Waals surface area (Å²) < 4.78 is 5.20. The third-order valence-electron chi connectivity index (χ3n) is 2.78. The number of fused-ring (bicyclic) bond motifs is 1. The summed E-state index contributed by atoms with van der Waals surface area (Å²) in [7, 11) is 0. The minimum atomic E-state index is 0.953. The molecule has 5 rings (SSSR count). The van der Waals surface area contributed by atoms with Crippen molar-refractivity contribution in [2.24, 2.45) is 0 Å². The summed E-state index contributed by atoms with van der Waals surface area (Å²) in [6.07, 6.45) is 3.15. The van der Waals surface area contributed by atoms with Crippen LogP contribution in [-0.4, -0.2) is 5.16 Å². The van der Waals surface area contributed by atoms with Gasteiger partial charge in [-0.05, 0) is 22.8 Å². The van der Waals surface area contributed by atoms with E-state index in [1.54, 1.807) is 0 Å². The first kappa shape index (κ1) is 5.14. The zero-order valence-corrected chi connectivity index (χ0v) is 6.29. The minimum Gasteiger partial charge on any atom is -0.356 e. The van der Waals surface area contributed by atoms with Gasteiger partial charge >= 0.3 is 0 Å². The van der Waals surface area contributed by atoms with Crippen LogP contribution in [0.5, 0.6) is 0 Å². The first-order valence-corrected chi connectivity index (χ1v) is 4.06. The Balaban J connectivity index is 2.53. The molecule has 1 heterocycles. The Morgan fingerprint density at radius 2 is 2.33 bits per heavy atom. The SMILES string of the molecule is C1=C2Cc3ccc2c2c1onc32. The summed E-state index contributed by atoms with van der Waals surface area (Å²) in [5.74, 6) is 0.953. The van der Waals surface area contributed by atoms with Crippen molar-refractivity contribution >= 4 is 22.6 Å². The van der Waals surface area contributed by atoms with Crippen molar-refractivity contribution in [3.05, 3.63) is 29.0 Å². The average Bonchev–Trinajstić information content (AvgIpc) is 2.59. The maximum atomic E-state index is 5.20. The van der Waals surface area contributed by atoms with Gasteiger partial charge in [0.25, 0.3) is 0 Å². The molecule has 2 aromatic rings. The average molecular weight is 155 g/mol. The highest BCUT2D eigenvalue weighted by Gasteiger charge is 2.28. The molecule has 0 atom stereocenters. The molecule has 4 bridgehead atoms. The molecule has 2 heteroatoms. The van der Waals surface area contributed by atoms with E-state index in [4.69, 9.17) is 4.52 Å².